The molecule has 1 heterocycles. The third kappa shape index (κ3) is 3.95. The van der Waals surface area contributed by atoms with Crippen LogP contribution in [0.1, 0.15) is 24.0 Å². The molecule has 6 heteroatoms. The van der Waals surface area contributed by atoms with E-state index < -0.39 is 0 Å². The Hall–Kier alpha value is -2.08. The van der Waals surface area contributed by atoms with Crippen molar-refractivity contribution in [2.75, 3.05) is 20.3 Å². The van der Waals surface area contributed by atoms with Crippen molar-refractivity contribution in [1.82, 2.24) is 4.90 Å². The predicted octanol–water partition coefficient (Wildman–Crippen LogP) is 1.17. The van der Waals surface area contributed by atoms with E-state index >= 15 is 0 Å². The molecule has 1 fully saturated rings. The first-order valence-corrected chi connectivity index (χ1v) is 7.01. The summed E-state index contributed by atoms with van der Waals surface area (Å²) >= 11 is 0. The fourth-order valence-electron chi connectivity index (χ4n) is 2.49. The third-order valence-corrected chi connectivity index (χ3v) is 3.64. The van der Waals surface area contributed by atoms with Crippen molar-refractivity contribution in [3.05, 3.63) is 35.4 Å². The van der Waals surface area contributed by atoms with Crippen LogP contribution >= 0.6 is 0 Å². The molecule has 1 aromatic carbocycles. The van der Waals surface area contributed by atoms with Gasteiger partial charge in [-0.3, -0.25) is 4.79 Å². The van der Waals surface area contributed by atoms with Crippen molar-refractivity contribution >= 4 is 11.7 Å². The van der Waals surface area contributed by atoms with E-state index in [0.29, 0.717) is 18.7 Å². The van der Waals surface area contributed by atoms with Crippen LogP contribution in [-0.4, -0.2) is 42.1 Å². The normalized spacial score (nSPS) is 19.3. The number of nitrogens with two attached hydrogens (primary N) is 1. The number of amidine groups is 1. The summed E-state index contributed by atoms with van der Waals surface area (Å²) in [4.78, 5) is 14.0. The number of carbonyl (C=O) groups is 1. The maximum absolute atomic E-state index is 12.3. The predicted molar refractivity (Wildman–Crippen MR) is 79.0 cm³/mol. The van der Waals surface area contributed by atoms with Gasteiger partial charge in [-0.1, -0.05) is 23.4 Å². The lowest BCUT2D eigenvalue weighted by atomic mass is 10.0. The Morgan fingerprint density at radius 2 is 2.38 bits per heavy atom. The molecule has 1 aliphatic rings. The second kappa shape index (κ2) is 7.08. The summed E-state index contributed by atoms with van der Waals surface area (Å²) in [5.41, 5.74) is 7.15. The number of ether oxygens (including phenoxy) is 1. The summed E-state index contributed by atoms with van der Waals surface area (Å²) in [6, 6.07) is 7.31. The Balaban J connectivity index is 2.01. The van der Waals surface area contributed by atoms with Gasteiger partial charge < -0.3 is 20.6 Å². The zero-order chi connectivity index (χ0) is 15.2. The molecule has 0 aromatic heterocycles. The lowest BCUT2D eigenvalue weighted by Crippen LogP contribution is -2.36. The van der Waals surface area contributed by atoms with Crippen LogP contribution in [0.3, 0.4) is 0 Å². The van der Waals surface area contributed by atoms with E-state index in [1.54, 1.807) is 18.0 Å². The van der Waals surface area contributed by atoms with Crippen molar-refractivity contribution in [3.8, 4) is 0 Å². The van der Waals surface area contributed by atoms with Gasteiger partial charge in [-0.05, 0) is 24.5 Å². The van der Waals surface area contributed by atoms with Gasteiger partial charge in [-0.25, -0.2) is 0 Å². The molecule has 2 rings (SSSR count). The summed E-state index contributed by atoms with van der Waals surface area (Å²) in [6.45, 7) is 1.74. The monoisotopic (exact) mass is 291 g/mol. The molecule has 1 saturated heterocycles. The number of nitrogens with zero attached hydrogens (tertiary/aromatic N) is 2. The van der Waals surface area contributed by atoms with Crippen molar-refractivity contribution in [2.45, 2.75) is 19.4 Å². The second-order valence-electron chi connectivity index (χ2n) is 5.29. The van der Waals surface area contributed by atoms with Crippen molar-refractivity contribution in [3.63, 3.8) is 0 Å². The largest absolute Gasteiger partial charge is 0.409 e. The van der Waals surface area contributed by atoms with Gasteiger partial charge in [0.1, 0.15) is 0 Å². The average molecular weight is 291 g/mol. The molecular formula is C15H21N3O3. The maximum atomic E-state index is 12.3. The number of benzene rings is 1. The van der Waals surface area contributed by atoms with Crippen LogP contribution in [0.2, 0.25) is 0 Å². The van der Waals surface area contributed by atoms with E-state index in [2.05, 4.69) is 5.16 Å². The molecule has 0 radical (unpaired) electrons. The van der Waals surface area contributed by atoms with Crippen LogP contribution in [0.4, 0.5) is 0 Å². The van der Waals surface area contributed by atoms with Crippen LogP contribution in [0.5, 0.6) is 0 Å². The number of carbonyl (C=O) groups excluding carboxylic acids is 1. The van der Waals surface area contributed by atoms with Gasteiger partial charge in [-0.15, -0.1) is 0 Å². The first kappa shape index (κ1) is 15.3. The Morgan fingerprint density at radius 1 is 1.57 bits per heavy atom. The van der Waals surface area contributed by atoms with E-state index in [9.17, 15) is 4.79 Å². The Bertz CT molecular complexity index is 525. The van der Waals surface area contributed by atoms with Crippen molar-refractivity contribution in [1.29, 1.82) is 0 Å². The van der Waals surface area contributed by atoms with Crippen LogP contribution in [0.15, 0.2) is 29.4 Å². The van der Waals surface area contributed by atoms with Gasteiger partial charge in [0.25, 0.3) is 0 Å². The van der Waals surface area contributed by atoms with E-state index in [1.807, 2.05) is 18.2 Å². The molecule has 0 saturated carbocycles. The Morgan fingerprint density at radius 3 is 3.05 bits per heavy atom. The molecule has 1 atom stereocenters. The van der Waals surface area contributed by atoms with Gasteiger partial charge in [-0.2, -0.15) is 0 Å². The molecule has 21 heavy (non-hydrogen) atoms. The summed E-state index contributed by atoms with van der Waals surface area (Å²) in [5.74, 6) is 0.117. The molecule has 1 aliphatic heterocycles. The molecule has 1 amide bonds. The number of oxime groups is 1. The molecular weight excluding hydrogens is 270 g/mol. The lowest BCUT2D eigenvalue weighted by Gasteiger charge is -2.26. The molecule has 3 N–H and O–H groups in total. The minimum absolute atomic E-state index is 0.0454. The van der Waals surface area contributed by atoms with E-state index in [4.69, 9.17) is 15.7 Å². The number of hydrogen-bond acceptors (Lipinski definition) is 4. The number of hydrogen-bond donors (Lipinski definition) is 2. The zero-order valence-electron chi connectivity index (χ0n) is 12.2. The molecule has 0 aliphatic carbocycles. The highest BCUT2D eigenvalue weighted by atomic mass is 16.5. The molecule has 6 nitrogen and oxygen atoms in total. The fraction of sp³-hybridized carbons (Fsp3) is 0.467. The quantitative estimate of drug-likeness (QED) is 0.377. The van der Waals surface area contributed by atoms with Gasteiger partial charge in [0.05, 0.1) is 12.5 Å². The van der Waals surface area contributed by atoms with Gasteiger partial charge in [0.15, 0.2) is 5.84 Å². The smallest absolute Gasteiger partial charge is 0.228 e. The lowest BCUT2D eigenvalue weighted by molar-refractivity contribution is -0.138. The summed E-state index contributed by atoms with van der Waals surface area (Å²) in [5, 5.41) is 11.7. The molecule has 0 spiro atoms. The third-order valence-electron chi connectivity index (χ3n) is 3.64. The van der Waals surface area contributed by atoms with E-state index in [0.717, 1.165) is 25.0 Å². The maximum Gasteiger partial charge on any atom is 0.228 e. The zero-order valence-corrected chi connectivity index (χ0v) is 12.2. The highest BCUT2D eigenvalue weighted by molar-refractivity contribution is 5.97. The van der Waals surface area contributed by atoms with Gasteiger partial charge in [0, 0.05) is 25.8 Å². The Labute approximate surface area is 124 Å². The molecule has 1 unspecified atom stereocenters. The van der Waals surface area contributed by atoms with Crippen molar-refractivity contribution < 1.29 is 14.7 Å². The molecule has 0 bridgehead atoms. The highest BCUT2D eigenvalue weighted by Crippen LogP contribution is 2.17. The van der Waals surface area contributed by atoms with Crippen LogP contribution in [-0.2, 0) is 16.1 Å². The topological polar surface area (TPSA) is 88.1 Å². The number of rotatable bonds is 4. The highest BCUT2D eigenvalue weighted by Gasteiger charge is 2.24. The van der Waals surface area contributed by atoms with Gasteiger partial charge >= 0.3 is 0 Å². The standard InChI is InChI=1S/C15H21N3O3/c1-18(15(19)13-6-3-7-21-10-13)9-11-4-2-5-12(8-11)14(16)17-20/h2,4-5,8,13,20H,3,6-7,9-10H2,1H3,(H2,16,17). The van der Waals surface area contributed by atoms with Gasteiger partial charge in [0.2, 0.25) is 5.91 Å². The summed E-state index contributed by atoms with van der Waals surface area (Å²) in [7, 11) is 1.78. The molecule has 114 valence electrons. The van der Waals surface area contributed by atoms with E-state index in [1.165, 1.54) is 0 Å². The first-order valence-electron chi connectivity index (χ1n) is 7.01. The number of amides is 1. The second-order valence-corrected chi connectivity index (χ2v) is 5.29. The first-order chi connectivity index (χ1) is 10.1. The summed E-state index contributed by atoms with van der Waals surface area (Å²) in [6.07, 6.45) is 1.82. The summed E-state index contributed by atoms with van der Waals surface area (Å²) < 4.78 is 5.36. The minimum atomic E-state index is -0.0454. The average Bonchev–Trinajstić information content (AvgIpc) is 2.54. The van der Waals surface area contributed by atoms with Crippen LogP contribution < -0.4 is 5.73 Å². The van der Waals surface area contributed by atoms with E-state index in [-0.39, 0.29) is 17.7 Å². The van der Waals surface area contributed by atoms with Crippen LogP contribution in [0, 0.1) is 5.92 Å². The fourth-order valence-corrected chi connectivity index (χ4v) is 2.49. The SMILES string of the molecule is CN(Cc1cccc(C(N)=NO)c1)C(=O)C1CCCOC1. The molecule has 1 aromatic rings. The van der Waals surface area contributed by atoms with Crippen LogP contribution in [0.25, 0.3) is 0 Å². The Kier molecular flexibility index (Phi) is 5.16. The van der Waals surface area contributed by atoms with Crippen molar-refractivity contribution in [2.24, 2.45) is 16.8 Å². The minimum Gasteiger partial charge on any atom is -0.409 e.